The van der Waals surface area contributed by atoms with Crippen molar-refractivity contribution in [1.29, 1.82) is 0 Å². The highest BCUT2D eigenvalue weighted by Crippen LogP contribution is 2.20. The molecule has 22 heavy (non-hydrogen) atoms. The van der Waals surface area contributed by atoms with Crippen LogP contribution in [0.3, 0.4) is 0 Å². The average Bonchev–Trinajstić information content (AvgIpc) is 2.44. The lowest BCUT2D eigenvalue weighted by molar-refractivity contribution is 0.0137. The van der Waals surface area contributed by atoms with Crippen molar-refractivity contribution < 1.29 is 14.3 Å². The summed E-state index contributed by atoms with van der Waals surface area (Å²) in [5, 5.41) is 0. The van der Waals surface area contributed by atoms with Crippen LogP contribution < -0.4 is 4.74 Å². The maximum atomic E-state index is 12.1. The van der Waals surface area contributed by atoms with E-state index in [9.17, 15) is 4.79 Å². The van der Waals surface area contributed by atoms with Gasteiger partial charge in [-0.15, -0.1) is 0 Å². The van der Waals surface area contributed by atoms with Gasteiger partial charge in [0.1, 0.15) is 5.60 Å². The lowest BCUT2D eigenvalue weighted by Gasteiger charge is -2.33. The number of carbonyl (C=O) groups is 1. The van der Waals surface area contributed by atoms with Crippen LogP contribution in [-0.4, -0.2) is 46.3 Å². The Kier molecular flexibility index (Phi) is 5.21. The monoisotopic (exact) mass is 307 g/mol. The number of hydrogen-bond donors (Lipinski definition) is 0. The molecule has 1 aromatic heterocycles. The van der Waals surface area contributed by atoms with Crippen LogP contribution in [0.25, 0.3) is 0 Å². The summed E-state index contributed by atoms with van der Waals surface area (Å²) in [4.78, 5) is 22.2. The summed E-state index contributed by atoms with van der Waals surface area (Å²) in [7, 11) is 0. The van der Waals surface area contributed by atoms with Crippen LogP contribution in [0.5, 0.6) is 6.01 Å². The molecule has 2 rings (SSSR count). The molecule has 2 heterocycles. The highest BCUT2D eigenvalue weighted by atomic mass is 16.6. The first kappa shape index (κ1) is 16.5. The number of ether oxygens (including phenoxy) is 2. The van der Waals surface area contributed by atoms with Crippen molar-refractivity contribution in [2.45, 2.75) is 46.1 Å². The summed E-state index contributed by atoms with van der Waals surface area (Å²) in [5.41, 5.74) is 0.416. The Labute approximate surface area is 131 Å². The number of amides is 1. The van der Waals surface area contributed by atoms with Gasteiger partial charge < -0.3 is 14.4 Å². The number of piperidine rings is 1. The zero-order valence-corrected chi connectivity index (χ0v) is 13.8. The van der Waals surface area contributed by atoms with E-state index in [1.165, 1.54) is 0 Å². The topological polar surface area (TPSA) is 64.5 Å². The van der Waals surface area contributed by atoms with Gasteiger partial charge >= 0.3 is 12.1 Å². The number of rotatable bonds is 3. The largest absolute Gasteiger partial charge is 0.463 e. The SMILES string of the molecule is Cc1ccnc(OCC2CCCN(C(=O)OC(C)(C)C)C2)n1. The second-order valence-electron chi connectivity index (χ2n) is 6.73. The van der Waals surface area contributed by atoms with Crippen LogP contribution in [0.1, 0.15) is 39.3 Å². The third-order valence-electron chi connectivity index (χ3n) is 3.39. The summed E-state index contributed by atoms with van der Waals surface area (Å²) in [6.07, 6.45) is 3.43. The molecule has 1 unspecified atom stereocenters. The molecule has 122 valence electrons. The molecule has 1 aliphatic rings. The fourth-order valence-corrected chi connectivity index (χ4v) is 2.38. The molecule has 0 bridgehead atoms. The third-order valence-corrected chi connectivity index (χ3v) is 3.39. The van der Waals surface area contributed by atoms with Crippen molar-refractivity contribution in [1.82, 2.24) is 14.9 Å². The van der Waals surface area contributed by atoms with Crippen molar-refractivity contribution in [2.75, 3.05) is 19.7 Å². The Morgan fingerprint density at radius 2 is 2.23 bits per heavy atom. The first-order valence-corrected chi connectivity index (χ1v) is 7.74. The van der Waals surface area contributed by atoms with Gasteiger partial charge in [-0.1, -0.05) is 0 Å². The molecule has 1 atom stereocenters. The molecule has 6 nitrogen and oxygen atoms in total. The van der Waals surface area contributed by atoms with Crippen molar-refractivity contribution in [2.24, 2.45) is 5.92 Å². The fraction of sp³-hybridized carbons (Fsp3) is 0.688. The van der Waals surface area contributed by atoms with Gasteiger partial charge in [-0.25, -0.2) is 14.8 Å². The highest BCUT2D eigenvalue weighted by Gasteiger charge is 2.28. The molecule has 1 saturated heterocycles. The Hall–Kier alpha value is -1.85. The lowest BCUT2D eigenvalue weighted by Crippen LogP contribution is -2.44. The van der Waals surface area contributed by atoms with Crippen LogP contribution >= 0.6 is 0 Å². The minimum absolute atomic E-state index is 0.246. The molecule has 1 fully saturated rings. The van der Waals surface area contributed by atoms with E-state index in [4.69, 9.17) is 9.47 Å². The normalized spacial score (nSPS) is 18.9. The van der Waals surface area contributed by atoms with E-state index in [1.54, 1.807) is 11.1 Å². The van der Waals surface area contributed by atoms with E-state index in [2.05, 4.69) is 9.97 Å². The van der Waals surface area contributed by atoms with Gasteiger partial charge in [0.15, 0.2) is 0 Å². The van der Waals surface area contributed by atoms with Crippen molar-refractivity contribution in [3.05, 3.63) is 18.0 Å². The molecule has 1 aliphatic heterocycles. The summed E-state index contributed by atoms with van der Waals surface area (Å²) in [5.74, 6) is 0.283. The van der Waals surface area contributed by atoms with Gasteiger partial charge in [-0.05, 0) is 46.6 Å². The summed E-state index contributed by atoms with van der Waals surface area (Å²) >= 11 is 0. The molecule has 1 amide bonds. The Bertz CT molecular complexity index is 514. The first-order valence-electron chi connectivity index (χ1n) is 7.74. The molecule has 0 radical (unpaired) electrons. The maximum absolute atomic E-state index is 12.1. The minimum atomic E-state index is -0.462. The molecule has 0 aromatic carbocycles. The summed E-state index contributed by atoms with van der Waals surface area (Å²) < 4.78 is 11.1. The number of aryl methyl sites for hydroxylation is 1. The molecule has 0 saturated carbocycles. The van der Waals surface area contributed by atoms with E-state index >= 15 is 0 Å². The zero-order chi connectivity index (χ0) is 16.2. The number of nitrogens with zero attached hydrogens (tertiary/aromatic N) is 3. The minimum Gasteiger partial charge on any atom is -0.463 e. The number of carbonyl (C=O) groups excluding carboxylic acids is 1. The molecular formula is C16H25N3O3. The van der Waals surface area contributed by atoms with Gasteiger partial charge in [0.05, 0.1) is 6.61 Å². The van der Waals surface area contributed by atoms with E-state index in [-0.39, 0.29) is 12.0 Å². The van der Waals surface area contributed by atoms with Gasteiger partial charge in [0, 0.05) is 30.9 Å². The Morgan fingerprint density at radius 1 is 1.45 bits per heavy atom. The summed E-state index contributed by atoms with van der Waals surface area (Å²) in [6.45, 7) is 9.45. The average molecular weight is 307 g/mol. The van der Waals surface area contributed by atoms with Gasteiger partial charge in [0.2, 0.25) is 0 Å². The third kappa shape index (κ3) is 5.16. The van der Waals surface area contributed by atoms with Crippen LogP contribution in [0.4, 0.5) is 4.79 Å². The second kappa shape index (κ2) is 6.94. The van der Waals surface area contributed by atoms with Gasteiger partial charge in [-0.2, -0.15) is 0 Å². The van der Waals surface area contributed by atoms with Crippen LogP contribution in [0.2, 0.25) is 0 Å². The van der Waals surface area contributed by atoms with Crippen LogP contribution in [0.15, 0.2) is 12.3 Å². The first-order chi connectivity index (χ1) is 10.3. The van der Waals surface area contributed by atoms with Gasteiger partial charge in [-0.3, -0.25) is 0 Å². The molecule has 1 aromatic rings. The number of aromatic nitrogens is 2. The smallest absolute Gasteiger partial charge is 0.410 e. The van der Waals surface area contributed by atoms with E-state index in [1.807, 2.05) is 33.8 Å². The molecule has 0 aliphatic carbocycles. The van der Waals surface area contributed by atoms with Gasteiger partial charge in [0.25, 0.3) is 0 Å². The highest BCUT2D eigenvalue weighted by molar-refractivity contribution is 5.68. The second-order valence-corrected chi connectivity index (χ2v) is 6.73. The predicted molar refractivity (Wildman–Crippen MR) is 82.8 cm³/mol. The predicted octanol–water partition coefficient (Wildman–Crippen LogP) is 2.81. The van der Waals surface area contributed by atoms with Crippen molar-refractivity contribution in [3.63, 3.8) is 0 Å². The van der Waals surface area contributed by atoms with Crippen LogP contribution in [-0.2, 0) is 4.74 Å². The van der Waals surface area contributed by atoms with Crippen molar-refractivity contribution >= 4 is 6.09 Å². The lowest BCUT2D eigenvalue weighted by atomic mass is 9.99. The van der Waals surface area contributed by atoms with E-state index in [0.29, 0.717) is 19.2 Å². The Morgan fingerprint density at radius 3 is 2.91 bits per heavy atom. The standard InChI is InChI=1S/C16H25N3O3/c1-12-7-8-17-14(18-12)21-11-13-6-5-9-19(10-13)15(20)22-16(2,3)4/h7-8,13H,5-6,9-11H2,1-4H3. The van der Waals surface area contributed by atoms with Crippen molar-refractivity contribution in [3.8, 4) is 6.01 Å². The van der Waals surface area contributed by atoms with Crippen LogP contribution in [0, 0.1) is 12.8 Å². The summed E-state index contributed by atoms with van der Waals surface area (Å²) in [6, 6.07) is 2.23. The molecule has 0 spiro atoms. The fourth-order valence-electron chi connectivity index (χ4n) is 2.38. The molecule has 0 N–H and O–H groups in total. The van der Waals surface area contributed by atoms with E-state index < -0.39 is 5.60 Å². The molecular weight excluding hydrogens is 282 g/mol. The Balaban J connectivity index is 1.84. The number of hydrogen-bond acceptors (Lipinski definition) is 5. The van der Waals surface area contributed by atoms with E-state index in [0.717, 1.165) is 25.1 Å². The molecule has 6 heteroatoms. The quantitative estimate of drug-likeness (QED) is 0.859. The zero-order valence-electron chi connectivity index (χ0n) is 13.8. The number of likely N-dealkylation sites (tertiary alicyclic amines) is 1. The maximum Gasteiger partial charge on any atom is 0.410 e.